The second-order valence-corrected chi connectivity index (χ2v) is 7.76. The summed E-state index contributed by atoms with van der Waals surface area (Å²) in [7, 11) is 0. The summed E-state index contributed by atoms with van der Waals surface area (Å²) in [5, 5.41) is 0.641. The SMILES string of the molecule is O=C(c1ccc(Cl)s1)N(Cc1ccco1)c1nc2ccccc2s1. The molecule has 120 valence electrons. The first kappa shape index (κ1) is 15.4. The number of hydrogen-bond donors (Lipinski definition) is 0. The van der Waals surface area contributed by atoms with Crippen molar-refractivity contribution in [1.29, 1.82) is 0 Å². The van der Waals surface area contributed by atoms with Crippen molar-refractivity contribution in [1.82, 2.24) is 4.98 Å². The molecule has 4 aromatic rings. The molecule has 0 atom stereocenters. The smallest absolute Gasteiger partial charge is 0.270 e. The van der Waals surface area contributed by atoms with Crippen LogP contribution in [0.2, 0.25) is 4.34 Å². The molecular weight excluding hydrogens is 364 g/mol. The molecular formula is C17H11ClN2O2S2. The van der Waals surface area contributed by atoms with Gasteiger partial charge in [0.2, 0.25) is 0 Å². The molecule has 3 heterocycles. The third kappa shape index (κ3) is 2.96. The number of hydrogen-bond acceptors (Lipinski definition) is 5. The van der Waals surface area contributed by atoms with Crippen LogP contribution in [0.25, 0.3) is 10.2 Å². The van der Waals surface area contributed by atoms with Crippen LogP contribution in [-0.2, 0) is 6.54 Å². The van der Waals surface area contributed by atoms with Gasteiger partial charge in [-0.2, -0.15) is 0 Å². The van der Waals surface area contributed by atoms with E-state index in [9.17, 15) is 4.79 Å². The lowest BCUT2D eigenvalue weighted by atomic mass is 10.3. The van der Waals surface area contributed by atoms with Crippen molar-refractivity contribution in [2.24, 2.45) is 0 Å². The first-order valence-corrected chi connectivity index (χ1v) is 9.17. The molecule has 0 N–H and O–H groups in total. The molecule has 0 saturated carbocycles. The largest absolute Gasteiger partial charge is 0.467 e. The summed E-state index contributed by atoms with van der Waals surface area (Å²) in [6.07, 6.45) is 1.60. The molecule has 0 aliphatic rings. The number of fused-ring (bicyclic) bond motifs is 1. The zero-order valence-electron chi connectivity index (χ0n) is 12.3. The molecule has 0 spiro atoms. The summed E-state index contributed by atoms with van der Waals surface area (Å²) in [5.41, 5.74) is 0.874. The number of amides is 1. The maximum Gasteiger partial charge on any atom is 0.270 e. The van der Waals surface area contributed by atoms with E-state index in [-0.39, 0.29) is 5.91 Å². The number of aromatic nitrogens is 1. The maximum absolute atomic E-state index is 13.0. The predicted molar refractivity (Wildman–Crippen MR) is 98.2 cm³/mol. The summed E-state index contributed by atoms with van der Waals surface area (Å²) in [4.78, 5) is 19.8. The van der Waals surface area contributed by atoms with Crippen molar-refractivity contribution in [3.05, 3.63) is 69.8 Å². The summed E-state index contributed by atoms with van der Waals surface area (Å²) in [6, 6.07) is 14.9. The fourth-order valence-corrected chi connectivity index (χ4v) is 4.28. The third-order valence-corrected chi connectivity index (χ3v) is 5.72. The molecule has 7 heteroatoms. The molecule has 4 rings (SSSR count). The van der Waals surface area contributed by atoms with E-state index < -0.39 is 0 Å². The summed E-state index contributed by atoms with van der Waals surface area (Å²) < 4.78 is 7.03. The molecule has 24 heavy (non-hydrogen) atoms. The van der Waals surface area contributed by atoms with Crippen molar-refractivity contribution >= 4 is 55.5 Å². The van der Waals surface area contributed by atoms with Crippen molar-refractivity contribution in [3.63, 3.8) is 0 Å². The number of benzene rings is 1. The number of carbonyl (C=O) groups excluding carboxylic acids is 1. The van der Waals surface area contributed by atoms with Gasteiger partial charge in [0.1, 0.15) is 5.76 Å². The molecule has 0 radical (unpaired) electrons. The Labute approximate surface area is 150 Å². The highest BCUT2D eigenvalue weighted by atomic mass is 35.5. The van der Waals surface area contributed by atoms with E-state index in [1.165, 1.54) is 22.7 Å². The van der Waals surface area contributed by atoms with Crippen molar-refractivity contribution in [2.75, 3.05) is 4.90 Å². The lowest BCUT2D eigenvalue weighted by molar-refractivity contribution is 0.0987. The van der Waals surface area contributed by atoms with Crippen LogP contribution in [0.1, 0.15) is 15.4 Å². The van der Waals surface area contributed by atoms with Crippen LogP contribution in [0.5, 0.6) is 0 Å². The molecule has 0 fully saturated rings. The first-order valence-electron chi connectivity index (χ1n) is 7.16. The minimum atomic E-state index is -0.137. The minimum Gasteiger partial charge on any atom is -0.467 e. The van der Waals surface area contributed by atoms with E-state index in [0.717, 1.165) is 10.2 Å². The van der Waals surface area contributed by atoms with Gasteiger partial charge in [-0.3, -0.25) is 9.69 Å². The Bertz CT molecular complexity index is 958. The Hall–Kier alpha value is -2.15. The molecule has 3 aromatic heterocycles. The number of anilines is 1. The van der Waals surface area contributed by atoms with E-state index in [2.05, 4.69) is 4.98 Å². The number of nitrogens with zero attached hydrogens (tertiary/aromatic N) is 2. The van der Waals surface area contributed by atoms with Gasteiger partial charge in [0.05, 0.1) is 32.2 Å². The average Bonchev–Trinajstić information content (AvgIpc) is 3.32. The van der Waals surface area contributed by atoms with Crippen LogP contribution in [-0.4, -0.2) is 10.9 Å². The standard InChI is InChI=1S/C17H11ClN2O2S2/c18-15-8-7-14(23-15)16(21)20(10-11-4-3-9-22-11)17-19-12-5-1-2-6-13(12)24-17/h1-9H,10H2. The van der Waals surface area contributed by atoms with Gasteiger partial charge in [-0.1, -0.05) is 35.1 Å². The van der Waals surface area contributed by atoms with Gasteiger partial charge < -0.3 is 4.42 Å². The number of halogens is 1. The highest BCUT2D eigenvalue weighted by Crippen LogP contribution is 2.32. The first-order chi connectivity index (χ1) is 11.7. The van der Waals surface area contributed by atoms with Crippen molar-refractivity contribution < 1.29 is 9.21 Å². The minimum absolute atomic E-state index is 0.137. The monoisotopic (exact) mass is 374 g/mol. The molecule has 4 nitrogen and oxygen atoms in total. The molecule has 1 amide bonds. The van der Waals surface area contributed by atoms with Gasteiger partial charge in [0, 0.05) is 0 Å². The second kappa shape index (κ2) is 6.39. The third-order valence-electron chi connectivity index (χ3n) is 3.44. The molecule has 0 saturated heterocycles. The van der Waals surface area contributed by atoms with E-state index in [1.807, 2.05) is 30.3 Å². The topological polar surface area (TPSA) is 46.3 Å². The Morgan fingerprint density at radius 1 is 1.12 bits per heavy atom. The summed E-state index contributed by atoms with van der Waals surface area (Å²) in [6.45, 7) is 0.321. The van der Waals surface area contributed by atoms with Gasteiger partial charge in [-0.05, 0) is 36.4 Å². The Kier molecular flexibility index (Phi) is 4.10. The van der Waals surface area contributed by atoms with Crippen LogP contribution < -0.4 is 4.90 Å². The quantitative estimate of drug-likeness (QED) is 0.477. The van der Waals surface area contributed by atoms with Gasteiger partial charge in [-0.25, -0.2) is 4.98 Å². The summed E-state index contributed by atoms with van der Waals surface area (Å²) >= 11 is 8.72. The fourth-order valence-electron chi connectivity index (χ4n) is 2.32. The van der Waals surface area contributed by atoms with Gasteiger partial charge in [0.25, 0.3) is 5.91 Å². The van der Waals surface area contributed by atoms with E-state index in [4.69, 9.17) is 16.0 Å². The second-order valence-electron chi connectivity index (χ2n) is 5.04. The van der Waals surface area contributed by atoms with Gasteiger partial charge >= 0.3 is 0 Å². The van der Waals surface area contributed by atoms with Crippen molar-refractivity contribution in [3.8, 4) is 0 Å². The average molecular weight is 375 g/mol. The predicted octanol–water partition coefficient (Wildman–Crippen LogP) is 5.45. The zero-order chi connectivity index (χ0) is 16.5. The highest BCUT2D eigenvalue weighted by Gasteiger charge is 2.23. The lowest BCUT2D eigenvalue weighted by Crippen LogP contribution is -2.29. The highest BCUT2D eigenvalue weighted by molar-refractivity contribution is 7.22. The number of carbonyl (C=O) groups is 1. The van der Waals surface area contributed by atoms with Crippen LogP contribution in [0.15, 0.2) is 59.2 Å². The lowest BCUT2D eigenvalue weighted by Gasteiger charge is -2.17. The van der Waals surface area contributed by atoms with Crippen LogP contribution in [0.3, 0.4) is 0 Å². The molecule has 0 aliphatic carbocycles. The Morgan fingerprint density at radius 2 is 2.00 bits per heavy atom. The van der Waals surface area contributed by atoms with Gasteiger partial charge in [-0.15, -0.1) is 11.3 Å². The Morgan fingerprint density at radius 3 is 2.71 bits per heavy atom. The Balaban J connectivity index is 1.75. The molecule has 0 unspecified atom stereocenters. The van der Waals surface area contributed by atoms with E-state index in [1.54, 1.807) is 29.4 Å². The van der Waals surface area contributed by atoms with E-state index >= 15 is 0 Å². The molecule has 1 aromatic carbocycles. The van der Waals surface area contributed by atoms with Crippen LogP contribution in [0, 0.1) is 0 Å². The van der Waals surface area contributed by atoms with Crippen LogP contribution in [0.4, 0.5) is 5.13 Å². The number of para-hydroxylation sites is 1. The van der Waals surface area contributed by atoms with E-state index in [0.29, 0.717) is 26.7 Å². The molecule has 0 bridgehead atoms. The maximum atomic E-state index is 13.0. The number of rotatable bonds is 4. The van der Waals surface area contributed by atoms with Crippen LogP contribution >= 0.6 is 34.3 Å². The van der Waals surface area contributed by atoms with Crippen molar-refractivity contribution in [2.45, 2.75) is 6.54 Å². The number of thiophene rings is 1. The zero-order valence-corrected chi connectivity index (χ0v) is 14.7. The molecule has 0 aliphatic heterocycles. The number of furan rings is 1. The van der Waals surface area contributed by atoms with Gasteiger partial charge in [0.15, 0.2) is 5.13 Å². The number of thiazole rings is 1. The normalized spacial score (nSPS) is 11.0. The fraction of sp³-hybridized carbons (Fsp3) is 0.0588. The summed E-state index contributed by atoms with van der Waals surface area (Å²) in [5.74, 6) is 0.563.